The topological polar surface area (TPSA) is 79.1 Å². The molecule has 0 aliphatic carbocycles. The Hall–Kier alpha value is -2.99. The number of carbonyl (C=O) groups excluding carboxylic acids is 1. The van der Waals surface area contributed by atoms with Crippen LogP contribution in [0.15, 0.2) is 69.8 Å². The fourth-order valence-electron chi connectivity index (χ4n) is 2.47. The van der Waals surface area contributed by atoms with Gasteiger partial charge in [0.15, 0.2) is 0 Å². The second kappa shape index (κ2) is 7.49. The van der Waals surface area contributed by atoms with Crippen molar-refractivity contribution in [3.63, 3.8) is 0 Å². The monoisotopic (exact) mass is 367 g/mol. The van der Waals surface area contributed by atoms with Crippen molar-refractivity contribution in [1.82, 2.24) is 0 Å². The number of phenols is 1. The van der Waals surface area contributed by atoms with Crippen LogP contribution in [0.4, 0.5) is 5.69 Å². The maximum atomic E-state index is 12.1. The second-order valence-electron chi connectivity index (χ2n) is 5.68. The summed E-state index contributed by atoms with van der Waals surface area (Å²) in [6.45, 7) is 1.95. The lowest BCUT2D eigenvalue weighted by atomic mass is 10.1. The van der Waals surface area contributed by atoms with Crippen LogP contribution in [0, 0.1) is 6.92 Å². The number of aromatic hydroxyl groups is 1. The molecule has 0 atom stereocenters. The molecule has 0 fully saturated rings. The van der Waals surface area contributed by atoms with Gasteiger partial charge in [0, 0.05) is 0 Å². The maximum absolute atomic E-state index is 12.1. The fourth-order valence-corrected chi connectivity index (χ4v) is 3.51. The van der Waals surface area contributed by atoms with E-state index >= 15 is 0 Å². The zero-order chi connectivity index (χ0) is 18.7. The minimum Gasteiger partial charge on any atom is -0.508 e. The molecule has 0 spiro atoms. The number of phenolic OH excluding ortho intramolecular Hbond substituents is 1. The predicted molar refractivity (Wildman–Crippen MR) is 104 cm³/mol. The minimum atomic E-state index is -0.652. The number of thioether (sulfide) groups is 1. The predicted octanol–water partition coefficient (Wildman–Crippen LogP) is 4.50. The number of aliphatic hydroxyl groups excluding tert-OH is 1. The lowest BCUT2D eigenvalue weighted by Crippen LogP contribution is -2.10. The van der Waals surface area contributed by atoms with Crippen molar-refractivity contribution in [3.05, 3.63) is 75.9 Å². The molecule has 0 saturated heterocycles. The quantitative estimate of drug-likeness (QED) is 0.781. The third-order valence-corrected chi connectivity index (χ3v) is 4.70. The van der Waals surface area contributed by atoms with Gasteiger partial charge in [0.1, 0.15) is 22.1 Å². The maximum Gasteiger partial charge on any atom is 0.344 e. The molecule has 6 heteroatoms. The molecule has 0 amide bonds. The SMILES string of the molecule is COC(=O)C1=C(O)/C(=C\c2cccc(O)c2)SC1=Nc1cccc(C)c1. The van der Waals surface area contributed by atoms with Gasteiger partial charge in [0.2, 0.25) is 0 Å². The number of aliphatic hydroxyl groups is 1. The lowest BCUT2D eigenvalue weighted by Gasteiger charge is -2.02. The van der Waals surface area contributed by atoms with Crippen LogP contribution in [0.1, 0.15) is 11.1 Å². The molecular formula is C20H17NO4S. The number of benzene rings is 2. The molecule has 0 aromatic heterocycles. The van der Waals surface area contributed by atoms with Crippen molar-refractivity contribution in [2.45, 2.75) is 6.92 Å². The summed E-state index contributed by atoms with van der Waals surface area (Å²) in [7, 11) is 1.26. The van der Waals surface area contributed by atoms with E-state index in [1.807, 2.05) is 31.2 Å². The summed E-state index contributed by atoms with van der Waals surface area (Å²) in [6.07, 6.45) is 1.68. The van der Waals surface area contributed by atoms with Crippen molar-refractivity contribution in [2.75, 3.05) is 7.11 Å². The van der Waals surface area contributed by atoms with Crippen LogP contribution in [-0.4, -0.2) is 28.3 Å². The Labute approximate surface area is 155 Å². The molecule has 0 bridgehead atoms. The molecule has 5 nitrogen and oxygen atoms in total. The van der Waals surface area contributed by atoms with Gasteiger partial charge in [-0.1, -0.05) is 36.0 Å². The summed E-state index contributed by atoms with van der Waals surface area (Å²) in [6, 6.07) is 14.1. The van der Waals surface area contributed by atoms with E-state index in [0.29, 0.717) is 21.2 Å². The summed E-state index contributed by atoms with van der Waals surface area (Å²) >= 11 is 1.18. The zero-order valence-corrected chi connectivity index (χ0v) is 15.1. The molecule has 1 aliphatic heterocycles. The van der Waals surface area contributed by atoms with Crippen LogP contribution in [0.5, 0.6) is 5.75 Å². The van der Waals surface area contributed by atoms with Gasteiger partial charge < -0.3 is 14.9 Å². The number of rotatable bonds is 3. The van der Waals surface area contributed by atoms with Crippen LogP contribution >= 0.6 is 11.8 Å². The molecule has 3 rings (SSSR count). The third kappa shape index (κ3) is 3.81. The summed E-state index contributed by atoms with van der Waals surface area (Å²) in [5.74, 6) is -0.718. The molecule has 26 heavy (non-hydrogen) atoms. The summed E-state index contributed by atoms with van der Waals surface area (Å²) < 4.78 is 4.80. The van der Waals surface area contributed by atoms with Gasteiger partial charge in [-0.05, 0) is 48.4 Å². The highest BCUT2D eigenvalue weighted by molar-refractivity contribution is 8.18. The molecule has 1 heterocycles. The summed E-state index contributed by atoms with van der Waals surface area (Å²) in [4.78, 5) is 17.1. The molecule has 0 saturated carbocycles. The van der Waals surface area contributed by atoms with Crippen molar-refractivity contribution in [3.8, 4) is 5.75 Å². The molecule has 0 unspecified atom stereocenters. The normalized spacial score (nSPS) is 17.2. The van der Waals surface area contributed by atoms with Crippen LogP contribution in [0.2, 0.25) is 0 Å². The van der Waals surface area contributed by atoms with Gasteiger partial charge in [-0.25, -0.2) is 9.79 Å². The van der Waals surface area contributed by atoms with Gasteiger partial charge in [0.25, 0.3) is 0 Å². The minimum absolute atomic E-state index is 0.0328. The standard InChI is InChI=1S/C20H17NO4S/c1-12-5-3-7-14(9-12)21-19-17(20(24)25-2)18(23)16(26-19)11-13-6-4-8-15(22)10-13/h3-11,22-23H,1-2H3/b16-11+,21-19?. The number of ether oxygens (including phenoxy) is 1. The second-order valence-corrected chi connectivity index (χ2v) is 6.71. The Morgan fingerprint density at radius 3 is 2.62 bits per heavy atom. The highest BCUT2D eigenvalue weighted by Crippen LogP contribution is 2.40. The fraction of sp³-hybridized carbons (Fsp3) is 0.100. The largest absolute Gasteiger partial charge is 0.508 e. The van der Waals surface area contributed by atoms with E-state index in [2.05, 4.69) is 4.99 Å². The number of aryl methyl sites for hydroxylation is 1. The highest BCUT2D eigenvalue weighted by atomic mass is 32.2. The van der Waals surface area contributed by atoms with E-state index in [-0.39, 0.29) is 17.1 Å². The van der Waals surface area contributed by atoms with E-state index in [4.69, 9.17) is 4.74 Å². The average molecular weight is 367 g/mol. The first-order valence-electron chi connectivity index (χ1n) is 7.84. The van der Waals surface area contributed by atoms with Gasteiger partial charge in [-0.3, -0.25) is 0 Å². The van der Waals surface area contributed by atoms with Crippen LogP contribution in [0.3, 0.4) is 0 Å². The van der Waals surface area contributed by atoms with Gasteiger partial charge in [-0.2, -0.15) is 0 Å². The lowest BCUT2D eigenvalue weighted by molar-refractivity contribution is -0.135. The zero-order valence-electron chi connectivity index (χ0n) is 14.3. The number of nitrogens with zero attached hydrogens (tertiary/aromatic N) is 1. The Kier molecular flexibility index (Phi) is 5.14. The van der Waals surface area contributed by atoms with E-state index in [0.717, 1.165) is 5.56 Å². The first-order chi connectivity index (χ1) is 12.5. The number of methoxy groups -OCH3 is 1. The molecule has 2 aromatic rings. The third-order valence-electron chi connectivity index (χ3n) is 3.68. The molecule has 2 aromatic carbocycles. The number of aliphatic imine (C=N–C) groups is 1. The smallest absolute Gasteiger partial charge is 0.344 e. The first kappa shape index (κ1) is 17.8. The van der Waals surface area contributed by atoms with Crippen LogP contribution < -0.4 is 0 Å². The number of carbonyl (C=O) groups is 1. The molecule has 0 radical (unpaired) electrons. The Morgan fingerprint density at radius 2 is 1.92 bits per heavy atom. The van der Waals surface area contributed by atoms with Crippen molar-refractivity contribution in [2.24, 2.45) is 4.99 Å². The summed E-state index contributed by atoms with van der Waals surface area (Å²) in [5, 5.41) is 20.5. The van der Waals surface area contributed by atoms with Crippen LogP contribution in [0.25, 0.3) is 6.08 Å². The Balaban J connectivity index is 2.05. The number of hydrogen-bond acceptors (Lipinski definition) is 6. The molecule has 132 valence electrons. The Morgan fingerprint density at radius 1 is 1.15 bits per heavy atom. The van der Waals surface area contributed by atoms with Crippen molar-refractivity contribution in [1.29, 1.82) is 0 Å². The average Bonchev–Trinajstić information content (AvgIpc) is 2.89. The van der Waals surface area contributed by atoms with Gasteiger partial charge in [0.05, 0.1) is 17.7 Å². The molecular weight excluding hydrogens is 350 g/mol. The number of esters is 1. The molecule has 2 N–H and O–H groups in total. The van der Waals surface area contributed by atoms with Gasteiger partial charge >= 0.3 is 5.97 Å². The van der Waals surface area contributed by atoms with Gasteiger partial charge in [-0.15, -0.1) is 0 Å². The van der Waals surface area contributed by atoms with E-state index < -0.39 is 5.97 Å². The van der Waals surface area contributed by atoms with Crippen molar-refractivity contribution < 1.29 is 19.7 Å². The summed E-state index contributed by atoms with van der Waals surface area (Å²) in [5.41, 5.74) is 2.45. The Bertz CT molecular complexity index is 960. The first-order valence-corrected chi connectivity index (χ1v) is 8.66. The highest BCUT2D eigenvalue weighted by Gasteiger charge is 2.32. The van der Waals surface area contributed by atoms with Crippen LogP contribution in [-0.2, 0) is 9.53 Å². The number of hydrogen-bond donors (Lipinski definition) is 2. The van der Waals surface area contributed by atoms with E-state index in [1.165, 1.54) is 18.9 Å². The molecule has 1 aliphatic rings. The van der Waals surface area contributed by atoms with E-state index in [1.54, 1.807) is 30.3 Å². The van der Waals surface area contributed by atoms with E-state index in [9.17, 15) is 15.0 Å². The van der Waals surface area contributed by atoms with Crippen molar-refractivity contribution >= 4 is 34.5 Å².